The summed E-state index contributed by atoms with van der Waals surface area (Å²) in [4.78, 5) is 3.45. The zero-order chi connectivity index (χ0) is 13.8. The van der Waals surface area contributed by atoms with Crippen molar-refractivity contribution in [2.24, 2.45) is 0 Å². The normalized spacial score (nSPS) is 12.8. The molecule has 0 bridgehead atoms. The van der Waals surface area contributed by atoms with Gasteiger partial charge in [0, 0.05) is 22.8 Å². The number of anilines is 1. The summed E-state index contributed by atoms with van der Waals surface area (Å²) in [5.74, 6) is -1.07. The van der Waals surface area contributed by atoms with E-state index in [2.05, 4.69) is 28.5 Å². The van der Waals surface area contributed by atoms with Crippen LogP contribution in [0, 0.1) is 0 Å². The highest BCUT2D eigenvalue weighted by Crippen LogP contribution is 2.32. The number of aromatic nitrogens is 2. The highest BCUT2D eigenvalue weighted by molar-refractivity contribution is 8.00. The van der Waals surface area contributed by atoms with Gasteiger partial charge in [0.05, 0.1) is 0 Å². The second kappa shape index (κ2) is 6.10. The van der Waals surface area contributed by atoms with Gasteiger partial charge in [-0.1, -0.05) is 13.8 Å². The molecule has 0 fully saturated rings. The molecule has 1 aromatic rings. The van der Waals surface area contributed by atoms with E-state index in [-0.39, 0.29) is 9.88 Å². The van der Waals surface area contributed by atoms with Gasteiger partial charge in [-0.25, -0.2) is 0 Å². The topological polar surface area (TPSA) is 37.8 Å². The fourth-order valence-electron chi connectivity index (χ4n) is 1.51. The lowest BCUT2D eigenvalue weighted by atomic mass is 10.0. The number of nitrogens with one attached hydrogen (secondary N) is 1. The van der Waals surface area contributed by atoms with E-state index in [0.717, 1.165) is 24.4 Å². The molecule has 1 N–H and O–H groups in total. The van der Waals surface area contributed by atoms with Gasteiger partial charge in [0.2, 0.25) is 11.0 Å². The Labute approximate surface area is 113 Å². The molecule has 104 valence electrons. The maximum absolute atomic E-state index is 12.3. The maximum atomic E-state index is 12.3. The van der Waals surface area contributed by atoms with Crippen LogP contribution in [0.5, 0.6) is 0 Å². The van der Waals surface area contributed by atoms with Crippen LogP contribution in [0.1, 0.15) is 32.5 Å². The summed E-state index contributed by atoms with van der Waals surface area (Å²) in [6, 6.07) is 0. The number of hydrogen-bond donors (Lipinski definition) is 1. The Morgan fingerprint density at radius 3 is 2.28 bits per heavy atom. The van der Waals surface area contributed by atoms with Crippen molar-refractivity contribution in [2.75, 3.05) is 18.1 Å². The minimum absolute atomic E-state index is 0.0318. The summed E-state index contributed by atoms with van der Waals surface area (Å²) in [5.41, 5.74) is 0. The van der Waals surface area contributed by atoms with E-state index in [9.17, 15) is 13.2 Å². The summed E-state index contributed by atoms with van der Waals surface area (Å²) in [7, 11) is 0. The van der Waals surface area contributed by atoms with Crippen molar-refractivity contribution < 1.29 is 13.2 Å². The quantitative estimate of drug-likeness (QED) is 0.865. The molecular weight excluding hydrogens is 283 g/mol. The molecule has 1 aromatic heterocycles. The van der Waals surface area contributed by atoms with Crippen LogP contribution in [0.3, 0.4) is 0 Å². The van der Waals surface area contributed by atoms with Gasteiger partial charge in [-0.05, 0) is 19.1 Å². The molecule has 1 heterocycles. The molecule has 0 amide bonds. The Balaban J connectivity index is 2.66. The summed E-state index contributed by atoms with van der Waals surface area (Å²) >= 11 is 2.47. The van der Waals surface area contributed by atoms with Crippen molar-refractivity contribution in [2.45, 2.75) is 37.6 Å². The Morgan fingerprint density at radius 1 is 1.28 bits per heavy atom. The molecule has 8 heteroatoms. The number of thioether (sulfide) groups is 1. The van der Waals surface area contributed by atoms with Crippen molar-refractivity contribution in [3.63, 3.8) is 0 Å². The first-order valence-electron chi connectivity index (χ1n) is 5.57. The van der Waals surface area contributed by atoms with Gasteiger partial charge in [0.15, 0.2) is 0 Å². The van der Waals surface area contributed by atoms with Crippen molar-refractivity contribution >= 4 is 28.4 Å². The maximum Gasteiger partial charge on any atom is 0.452 e. The molecule has 0 aliphatic rings. The van der Waals surface area contributed by atoms with Gasteiger partial charge in [0.25, 0.3) is 0 Å². The molecule has 0 saturated heterocycles. The van der Waals surface area contributed by atoms with Gasteiger partial charge in [0.1, 0.15) is 0 Å². The van der Waals surface area contributed by atoms with Crippen molar-refractivity contribution in [3.05, 3.63) is 5.82 Å². The molecule has 0 aliphatic carbocycles. The lowest BCUT2D eigenvalue weighted by Gasteiger charge is -2.29. The third-order valence-corrected chi connectivity index (χ3v) is 5.22. The highest BCUT2D eigenvalue weighted by Gasteiger charge is 2.36. The summed E-state index contributed by atoms with van der Waals surface area (Å²) in [5, 5.41) is 3.18. The predicted octanol–water partition coefficient (Wildman–Crippen LogP) is 3.89. The molecule has 18 heavy (non-hydrogen) atoms. The summed E-state index contributed by atoms with van der Waals surface area (Å²) in [6.45, 7) is 4.74. The average Bonchev–Trinajstić information content (AvgIpc) is 2.80. The zero-order valence-electron chi connectivity index (χ0n) is 10.5. The molecule has 0 aromatic carbocycles. The molecule has 0 radical (unpaired) electrons. The van der Waals surface area contributed by atoms with Crippen LogP contribution in [0.4, 0.5) is 18.3 Å². The van der Waals surface area contributed by atoms with Gasteiger partial charge in [-0.3, -0.25) is 0 Å². The molecule has 0 unspecified atom stereocenters. The molecule has 1 rings (SSSR count). The number of nitrogens with zero attached hydrogens (tertiary/aromatic N) is 2. The largest absolute Gasteiger partial charge is 0.452 e. The summed E-state index contributed by atoms with van der Waals surface area (Å²) < 4.78 is 40.3. The van der Waals surface area contributed by atoms with Crippen molar-refractivity contribution in [3.8, 4) is 0 Å². The third kappa shape index (κ3) is 3.74. The van der Waals surface area contributed by atoms with E-state index in [1.165, 1.54) is 0 Å². The van der Waals surface area contributed by atoms with Crippen LogP contribution in [0.2, 0.25) is 0 Å². The molecule has 0 spiro atoms. The summed E-state index contributed by atoms with van der Waals surface area (Å²) in [6.07, 6.45) is -0.566. The molecular formula is C10H16F3N3S2. The van der Waals surface area contributed by atoms with E-state index >= 15 is 0 Å². The number of hydrogen-bond acceptors (Lipinski definition) is 5. The van der Waals surface area contributed by atoms with E-state index in [0.29, 0.717) is 6.54 Å². The Hall–Kier alpha value is -0.500. The van der Waals surface area contributed by atoms with Gasteiger partial charge < -0.3 is 5.32 Å². The second-order valence-electron chi connectivity index (χ2n) is 3.87. The van der Waals surface area contributed by atoms with Crippen LogP contribution >= 0.6 is 23.3 Å². The number of alkyl halides is 3. The fourth-order valence-corrected chi connectivity index (χ4v) is 2.88. The molecule has 0 atom stereocenters. The average molecular weight is 299 g/mol. The van der Waals surface area contributed by atoms with E-state index in [4.69, 9.17) is 0 Å². The van der Waals surface area contributed by atoms with Crippen LogP contribution in [-0.4, -0.2) is 26.9 Å². The number of halogens is 3. The van der Waals surface area contributed by atoms with Gasteiger partial charge in [-0.2, -0.15) is 34.3 Å². The monoisotopic (exact) mass is 299 g/mol. The second-order valence-corrected chi connectivity index (χ2v) is 5.89. The Kier molecular flexibility index (Phi) is 5.27. The van der Waals surface area contributed by atoms with E-state index < -0.39 is 12.0 Å². The van der Waals surface area contributed by atoms with Crippen LogP contribution in [-0.2, 0) is 6.18 Å². The lowest BCUT2D eigenvalue weighted by Crippen LogP contribution is -2.31. The molecule has 3 nitrogen and oxygen atoms in total. The predicted molar refractivity (Wildman–Crippen MR) is 70.2 cm³/mol. The van der Waals surface area contributed by atoms with Crippen molar-refractivity contribution in [1.29, 1.82) is 0 Å². The first-order valence-corrected chi connectivity index (χ1v) is 7.56. The first-order chi connectivity index (χ1) is 8.37. The first kappa shape index (κ1) is 15.6. The molecule has 0 saturated carbocycles. The van der Waals surface area contributed by atoms with E-state index in [1.54, 1.807) is 11.8 Å². The minimum Gasteiger partial charge on any atom is -0.359 e. The Morgan fingerprint density at radius 2 is 1.89 bits per heavy atom. The minimum atomic E-state index is -4.47. The lowest BCUT2D eigenvalue weighted by molar-refractivity contribution is -0.144. The van der Waals surface area contributed by atoms with Crippen LogP contribution in [0.15, 0.2) is 0 Å². The van der Waals surface area contributed by atoms with Crippen molar-refractivity contribution in [1.82, 2.24) is 9.36 Å². The SMILES string of the molecule is CCC(CC)(CNc1nc(C(F)(F)F)ns1)SC. The fraction of sp³-hybridized carbons (Fsp3) is 0.800. The zero-order valence-corrected chi connectivity index (χ0v) is 12.1. The van der Waals surface area contributed by atoms with E-state index in [1.807, 2.05) is 6.26 Å². The Bertz CT molecular complexity index is 366. The van der Waals surface area contributed by atoms with Crippen LogP contribution < -0.4 is 5.32 Å². The standard InChI is InChI=1S/C10H16F3N3S2/c1-4-9(5-2,17-3)6-14-8-15-7(16-18-8)10(11,12)13/h4-6H2,1-3H3,(H,14,15,16). The highest BCUT2D eigenvalue weighted by atomic mass is 32.2. The molecule has 0 aliphatic heterocycles. The third-order valence-electron chi connectivity index (χ3n) is 2.96. The van der Waals surface area contributed by atoms with Gasteiger partial charge in [-0.15, -0.1) is 0 Å². The van der Waals surface area contributed by atoms with Gasteiger partial charge >= 0.3 is 6.18 Å². The number of rotatable bonds is 6. The smallest absolute Gasteiger partial charge is 0.359 e. The van der Waals surface area contributed by atoms with Crippen LogP contribution in [0.25, 0.3) is 0 Å².